The van der Waals surface area contributed by atoms with Crippen LogP contribution in [0, 0.1) is 0 Å². The van der Waals surface area contributed by atoms with Crippen molar-refractivity contribution in [2.75, 3.05) is 5.32 Å². The molecule has 0 heterocycles. The Kier molecular flexibility index (Phi) is 6.45. The Morgan fingerprint density at radius 2 is 1.65 bits per heavy atom. The van der Waals surface area contributed by atoms with Gasteiger partial charge in [-0.3, -0.25) is 0 Å². The monoisotopic (exact) mass is 410 g/mol. The summed E-state index contributed by atoms with van der Waals surface area (Å²) in [6.45, 7) is 6.47. The Balaban J connectivity index is 1.99. The van der Waals surface area contributed by atoms with E-state index in [2.05, 4.69) is 71.6 Å². The molecule has 122 valence electrons. The summed E-state index contributed by atoms with van der Waals surface area (Å²) in [5.74, 6) is 0.537. The maximum Gasteiger partial charge on any atom is 0.171 e. The minimum atomic E-state index is 0.116. The van der Waals surface area contributed by atoms with Crippen LogP contribution in [0.15, 0.2) is 46.9 Å². The van der Waals surface area contributed by atoms with E-state index >= 15 is 0 Å². The molecule has 0 amide bonds. The van der Waals surface area contributed by atoms with Gasteiger partial charge in [-0.25, -0.2) is 0 Å². The van der Waals surface area contributed by atoms with Crippen molar-refractivity contribution >= 4 is 50.5 Å². The number of rotatable bonds is 4. The average molecular weight is 412 g/mol. The first-order valence-corrected chi connectivity index (χ1v) is 9.07. The van der Waals surface area contributed by atoms with Gasteiger partial charge in [-0.05, 0) is 54.4 Å². The molecule has 23 heavy (non-hydrogen) atoms. The molecular formula is C18H20BrClN2S. The first-order chi connectivity index (χ1) is 10.9. The van der Waals surface area contributed by atoms with Gasteiger partial charge in [-0.1, -0.05) is 65.6 Å². The zero-order chi connectivity index (χ0) is 17.0. The summed E-state index contributed by atoms with van der Waals surface area (Å²) in [7, 11) is 0. The van der Waals surface area contributed by atoms with Gasteiger partial charge in [0.05, 0.1) is 16.8 Å². The molecule has 0 aliphatic heterocycles. The van der Waals surface area contributed by atoms with Crippen LogP contribution in [0.5, 0.6) is 0 Å². The highest BCUT2D eigenvalue weighted by Gasteiger charge is 2.09. The van der Waals surface area contributed by atoms with Gasteiger partial charge < -0.3 is 10.6 Å². The maximum absolute atomic E-state index is 6.19. The highest BCUT2D eigenvalue weighted by molar-refractivity contribution is 9.10. The van der Waals surface area contributed by atoms with E-state index in [0.717, 1.165) is 10.2 Å². The van der Waals surface area contributed by atoms with Gasteiger partial charge in [0.15, 0.2) is 5.11 Å². The average Bonchev–Trinajstić information content (AvgIpc) is 2.50. The molecule has 1 atom stereocenters. The van der Waals surface area contributed by atoms with E-state index in [4.69, 9.17) is 23.8 Å². The summed E-state index contributed by atoms with van der Waals surface area (Å²) in [5.41, 5.74) is 3.32. The second-order valence-corrected chi connectivity index (χ2v) is 7.50. The van der Waals surface area contributed by atoms with Crippen LogP contribution in [0.25, 0.3) is 0 Å². The van der Waals surface area contributed by atoms with Crippen LogP contribution in [0.1, 0.15) is 43.9 Å². The molecule has 1 unspecified atom stereocenters. The number of hydrogen-bond acceptors (Lipinski definition) is 1. The highest BCUT2D eigenvalue weighted by Crippen LogP contribution is 2.26. The van der Waals surface area contributed by atoms with E-state index in [9.17, 15) is 0 Å². The highest BCUT2D eigenvalue weighted by atomic mass is 79.9. The van der Waals surface area contributed by atoms with Gasteiger partial charge in [0, 0.05) is 4.47 Å². The number of thiocarbonyl (C=S) groups is 1. The van der Waals surface area contributed by atoms with Crippen molar-refractivity contribution in [2.24, 2.45) is 0 Å². The Labute approximate surface area is 156 Å². The second kappa shape index (κ2) is 8.13. The quantitative estimate of drug-likeness (QED) is 0.579. The van der Waals surface area contributed by atoms with Gasteiger partial charge in [0.2, 0.25) is 0 Å². The lowest BCUT2D eigenvalue weighted by atomic mass is 10.00. The molecule has 2 aromatic carbocycles. The fraction of sp³-hybridized carbons (Fsp3) is 0.278. The molecular weight excluding hydrogens is 392 g/mol. The van der Waals surface area contributed by atoms with Gasteiger partial charge in [0.1, 0.15) is 0 Å². The number of nitrogens with one attached hydrogen (secondary N) is 2. The first-order valence-electron chi connectivity index (χ1n) is 7.49. The molecule has 0 radical (unpaired) electrons. The molecule has 2 N–H and O–H groups in total. The normalized spacial score (nSPS) is 12.1. The zero-order valence-electron chi connectivity index (χ0n) is 13.4. The number of benzene rings is 2. The molecule has 0 aliphatic rings. The van der Waals surface area contributed by atoms with Crippen molar-refractivity contribution in [2.45, 2.75) is 32.7 Å². The zero-order valence-corrected chi connectivity index (χ0v) is 16.5. The standard InChI is InChI=1S/C18H20BrClN2S/c1-11(2)13-4-6-14(7-5-13)12(3)21-18(23)22-17-9-8-15(19)10-16(17)20/h4-12H,1-3H3,(H2,21,22,23). The van der Waals surface area contributed by atoms with Crippen LogP contribution in [0.3, 0.4) is 0 Å². The summed E-state index contributed by atoms with van der Waals surface area (Å²) in [6.07, 6.45) is 0. The van der Waals surface area contributed by atoms with E-state index in [-0.39, 0.29) is 6.04 Å². The van der Waals surface area contributed by atoms with Crippen molar-refractivity contribution in [3.05, 3.63) is 63.1 Å². The van der Waals surface area contributed by atoms with Crippen molar-refractivity contribution in [1.82, 2.24) is 5.32 Å². The van der Waals surface area contributed by atoms with Crippen LogP contribution in [-0.4, -0.2) is 5.11 Å². The molecule has 0 aromatic heterocycles. The molecule has 0 saturated heterocycles. The van der Waals surface area contributed by atoms with Crippen LogP contribution in [0.2, 0.25) is 5.02 Å². The number of anilines is 1. The fourth-order valence-electron chi connectivity index (χ4n) is 2.20. The molecule has 2 nitrogen and oxygen atoms in total. The molecule has 0 fully saturated rings. The third-order valence-corrected chi connectivity index (χ3v) is 4.66. The molecule has 2 aromatic rings. The van der Waals surface area contributed by atoms with E-state index in [1.54, 1.807) is 0 Å². The summed E-state index contributed by atoms with van der Waals surface area (Å²) in [4.78, 5) is 0. The van der Waals surface area contributed by atoms with Gasteiger partial charge >= 0.3 is 0 Å². The van der Waals surface area contributed by atoms with Crippen LogP contribution in [0.4, 0.5) is 5.69 Å². The smallest absolute Gasteiger partial charge is 0.171 e. The minimum Gasteiger partial charge on any atom is -0.356 e. The minimum absolute atomic E-state index is 0.116. The number of halogens is 2. The van der Waals surface area contributed by atoms with Crippen molar-refractivity contribution in [3.63, 3.8) is 0 Å². The lowest BCUT2D eigenvalue weighted by molar-refractivity contribution is 0.721. The Bertz CT molecular complexity index is 686. The van der Waals surface area contributed by atoms with Crippen molar-refractivity contribution in [1.29, 1.82) is 0 Å². The summed E-state index contributed by atoms with van der Waals surface area (Å²) < 4.78 is 0.936. The third kappa shape index (κ3) is 5.20. The first kappa shape index (κ1) is 18.2. The predicted octanol–water partition coefficient (Wildman–Crippen LogP) is 6.27. The topological polar surface area (TPSA) is 24.1 Å². The van der Waals surface area contributed by atoms with Gasteiger partial charge in [-0.2, -0.15) is 0 Å². The van der Waals surface area contributed by atoms with E-state index in [0.29, 0.717) is 16.1 Å². The predicted molar refractivity (Wildman–Crippen MR) is 107 cm³/mol. The largest absolute Gasteiger partial charge is 0.356 e. The van der Waals surface area contributed by atoms with Crippen LogP contribution < -0.4 is 10.6 Å². The summed E-state index contributed by atoms with van der Waals surface area (Å²) in [5, 5.41) is 7.59. The summed E-state index contributed by atoms with van der Waals surface area (Å²) >= 11 is 15.0. The Morgan fingerprint density at radius 1 is 1.04 bits per heavy atom. The van der Waals surface area contributed by atoms with E-state index in [1.165, 1.54) is 11.1 Å². The van der Waals surface area contributed by atoms with E-state index < -0.39 is 0 Å². The SMILES string of the molecule is CC(C)c1ccc(C(C)NC(=S)Nc2ccc(Br)cc2Cl)cc1. The summed E-state index contributed by atoms with van der Waals surface area (Å²) in [6, 6.07) is 14.4. The molecule has 2 rings (SSSR count). The Morgan fingerprint density at radius 3 is 2.22 bits per heavy atom. The fourth-order valence-corrected chi connectivity index (χ4v) is 3.21. The molecule has 0 aliphatic carbocycles. The molecule has 0 saturated carbocycles. The van der Waals surface area contributed by atoms with Crippen LogP contribution >= 0.6 is 39.7 Å². The van der Waals surface area contributed by atoms with Gasteiger partial charge in [0.25, 0.3) is 0 Å². The molecule has 0 bridgehead atoms. The van der Waals surface area contributed by atoms with Crippen molar-refractivity contribution < 1.29 is 0 Å². The second-order valence-electron chi connectivity index (χ2n) is 5.77. The number of hydrogen-bond donors (Lipinski definition) is 2. The lowest BCUT2D eigenvalue weighted by Gasteiger charge is -2.18. The lowest BCUT2D eigenvalue weighted by Crippen LogP contribution is -2.31. The Hall–Kier alpha value is -1.10. The van der Waals surface area contributed by atoms with Crippen molar-refractivity contribution in [3.8, 4) is 0 Å². The van der Waals surface area contributed by atoms with Gasteiger partial charge in [-0.15, -0.1) is 0 Å². The maximum atomic E-state index is 6.19. The third-order valence-electron chi connectivity index (χ3n) is 3.63. The molecule has 0 spiro atoms. The molecule has 5 heteroatoms. The van der Waals surface area contributed by atoms with Crippen LogP contribution in [-0.2, 0) is 0 Å². The van der Waals surface area contributed by atoms with E-state index in [1.807, 2.05) is 18.2 Å².